The minimum atomic E-state index is -0.287. The molecule has 0 saturated carbocycles. The molecule has 10 heavy (non-hydrogen) atoms. The highest BCUT2D eigenvalue weighted by Crippen LogP contribution is 1.78. The van der Waals surface area contributed by atoms with Crippen molar-refractivity contribution in [2.45, 2.75) is 26.4 Å². The van der Waals surface area contributed by atoms with Gasteiger partial charge in [-0.15, -0.1) is 0 Å². The molecule has 0 amide bonds. The number of aliphatic hydroxyl groups excluding tert-OH is 1. The van der Waals surface area contributed by atoms with Crippen LogP contribution in [0.15, 0.2) is 0 Å². The van der Waals surface area contributed by atoms with Crippen LogP contribution in [-0.4, -0.2) is 31.1 Å². The number of rotatable bonds is 6. The van der Waals surface area contributed by atoms with Crippen LogP contribution in [-0.2, 0) is 4.74 Å². The molecule has 0 saturated heterocycles. The summed E-state index contributed by atoms with van der Waals surface area (Å²) >= 11 is 0. The molecule has 0 radical (unpaired) electrons. The predicted molar refractivity (Wildman–Crippen MR) is 40.8 cm³/mol. The van der Waals surface area contributed by atoms with E-state index in [4.69, 9.17) is 9.84 Å². The van der Waals surface area contributed by atoms with Crippen LogP contribution in [0.3, 0.4) is 0 Å². The number of hydrogen-bond acceptors (Lipinski definition) is 3. The van der Waals surface area contributed by atoms with E-state index in [2.05, 4.69) is 12.2 Å². The van der Waals surface area contributed by atoms with Gasteiger partial charge in [0.1, 0.15) is 0 Å². The van der Waals surface area contributed by atoms with Gasteiger partial charge in [0.15, 0.2) is 0 Å². The number of ether oxygens (including phenoxy) is 1. The van der Waals surface area contributed by atoms with Crippen molar-refractivity contribution in [1.82, 2.24) is 5.32 Å². The summed E-state index contributed by atoms with van der Waals surface area (Å²) in [6.07, 6.45) is 0.751. The fourth-order valence-corrected chi connectivity index (χ4v) is 0.556. The van der Waals surface area contributed by atoms with E-state index in [9.17, 15) is 0 Å². The second kappa shape index (κ2) is 6.99. The molecule has 0 heterocycles. The summed E-state index contributed by atoms with van der Waals surface area (Å²) in [4.78, 5) is 0. The van der Waals surface area contributed by atoms with Crippen molar-refractivity contribution < 1.29 is 9.84 Å². The van der Waals surface area contributed by atoms with Gasteiger partial charge in [0.05, 0.1) is 12.8 Å². The molecule has 1 atom stereocenters. The van der Waals surface area contributed by atoms with Crippen molar-refractivity contribution in [2.24, 2.45) is 0 Å². The van der Waals surface area contributed by atoms with Crippen molar-refractivity contribution in [3.63, 3.8) is 0 Å². The summed E-state index contributed by atoms with van der Waals surface area (Å²) in [6.45, 7) is 5.73. The topological polar surface area (TPSA) is 41.5 Å². The Hall–Kier alpha value is -0.120. The zero-order chi connectivity index (χ0) is 7.82. The third kappa shape index (κ3) is 7.88. The van der Waals surface area contributed by atoms with Crippen molar-refractivity contribution in [2.75, 3.05) is 19.9 Å². The number of nitrogens with one attached hydrogen (secondary N) is 1. The number of aliphatic hydroxyl groups is 1. The van der Waals surface area contributed by atoms with E-state index in [1.165, 1.54) is 0 Å². The smallest absolute Gasteiger partial charge is 0.0966 e. The van der Waals surface area contributed by atoms with Crippen LogP contribution in [0.5, 0.6) is 0 Å². The van der Waals surface area contributed by atoms with Crippen LogP contribution in [0.4, 0.5) is 0 Å². The summed E-state index contributed by atoms with van der Waals surface area (Å²) in [6, 6.07) is 0. The second-order valence-electron chi connectivity index (χ2n) is 2.36. The maximum atomic E-state index is 8.79. The Morgan fingerprint density at radius 2 is 2.30 bits per heavy atom. The Kier molecular flexibility index (Phi) is 6.91. The zero-order valence-electron chi connectivity index (χ0n) is 6.76. The van der Waals surface area contributed by atoms with Gasteiger partial charge >= 0.3 is 0 Å². The lowest BCUT2D eigenvalue weighted by molar-refractivity contribution is 0.102. The number of hydrogen-bond donors (Lipinski definition) is 2. The third-order valence-corrected chi connectivity index (χ3v) is 0.992. The van der Waals surface area contributed by atoms with Gasteiger partial charge in [-0.2, -0.15) is 0 Å². The Balaban J connectivity index is 2.77. The molecule has 3 heteroatoms. The van der Waals surface area contributed by atoms with Crippen LogP contribution in [0.2, 0.25) is 0 Å². The minimum Gasteiger partial charge on any atom is -0.392 e. The van der Waals surface area contributed by atoms with Crippen LogP contribution < -0.4 is 5.32 Å². The van der Waals surface area contributed by atoms with Crippen LogP contribution >= 0.6 is 0 Å². The van der Waals surface area contributed by atoms with Crippen LogP contribution in [0, 0.1) is 0 Å². The molecule has 0 aliphatic heterocycles. The summed E-state index contributed by atoms with van der Waals surface area (Å²) in [7, 11) is 0. The van der Waals surface area contributed by atoms with E-state index >= 15 is 0 Å². The van der Waals surface area contributed by atoms with E-state index in [0.29, 0.717) is 13.3 Å². The molecule has 2 N–H and O–H groups in total. The fraction of sp³-hybridized carbons (Fsp3) is 1.00. The molecule has 0 aliphatic rings. The summed E-state index contributed by atoms with van der Waals surface area (Å²) < 4.78 is 5.11. The van der Waals surface area contributed by atoms with Gasteiger partial charge in [-0.3, -0.25) is 5.32 Å². The maximum Gasteiger partial charge on any atom is 0.0966 e. The predicted octanol–water partition coefficient (Wildman–Crippen LogP) is 0.341. The Bertz CT molecular complexity index is 66.6. The normalized spacial score (nSPS) is 13.5. The molecule has 0 aromatic rings. The maximum absolute atomic E-state index is 8.79. The molecule has 0 aliphatic carbocycles. The fourth-order valence-electron chi connectivity index (χ4n) is 0.556. The summed E-state index contributed by atoms with van der Waals surface area (Å²) in [5, 5.41) is 11.7. The first-order chi connectivity index (χ1) is 4.77. The van der Waals surface area contributed by atoms with Crippen LogP contribution in [0.25, 0.3) is 0 Å². The first kappa shape index (κ1) is 9.88. The molecule has 0 rings (SSSR count). The van der Waals surface area contributed by atoms with Gasteiger partial charge in [0.25, 0.3) is 0 Å². The van der Waals surface area contributed by atoms with E-state index < -0.39 is 0 Å². The highest BCUT2D eigenvalue weighted by molar-refractivity contribution is 4.47. The average molecular weight is 147 g/mol. The van der Waals surface area contributed by atoms with Gasteiger partial charge in [-0.25, -0.2) is 0 Å². The highest BCUT2D eigenvalue weighted by Gasteiger charge is 1.91. The van der Waals surface area contributed by atoms with Gasteiger partial charge in [0.2, 0.25) is 0 Å². The molecule has 0 fully saturated rings. The van der Waals surface area contributed by atoms with Gasteiger partial charge < -0.3 is 9.84 Å². The largest absolute Gasteiger partial charge is 0.392 e. The van der Waals surface area contributed by atoms with E-state index in [1.807, 2.05) is 0 Å². The van der Waals surface area contributed by atoms with Gasteiger partial charge in [-0.05, 0) is 13.3 Å². The first-order valence-electron chi connectivity index (χ1n) is 3.74. The summed E-state index contributed by atoms with van der Waals surface area (Å²) in [5.74, 6) is 0. The lowest BCUT2D eigenvalue weighted by Crippen LogP contribution is -2.26. The van der Waals surface area contributed by atoms with Crippen molar-refractivity contribution >= 4 is 0 Å². The zero-order valence-corrected chi connectivity index (χ0v) is 6.76. The molecule has 0 bridgehead atoms. The Morgan fingerprint density at radius 3 is 2.80 bits per heavy atom. The van der Waals surface area contributed by atoms with Crippen molar-refractivity contribution in [3.8, 4) is 0 Å². The SMILES string of the molecule is CCCOCNCC(C)O. The Morgan fingerprint density at radius 1 is 1.60 bits per heavy atom. The first-order valence-corrected chi connectivity index (χ1v) is 3.74. The van der Waals surface area contributed by atoms with Crippen LogP contribution in [0.1, 0.15) is 20.3 Å². The highest BCUT2D eigenvalue weighted by atomic mass is 16.5. The van der Waals surface area contributed by atoms with Crippen molar-refractivity contribution in [3.05, 3.63) is 0 Å². The molecular formula is C7H17NO2. The van der Waals surface area contributed by atoms with E-state index in [0.717, 1.165) is 13.0 Å². The second-order valence-corrected chi connectivity index (χ2v) is 2.36. The lowest BCUT2D eigenvalue weighted by Gasteiger charge is -2.06. The molecule has 0 aromatic carbocycles. The standard InChI is InChI=1S/C7H17NO2/c1-3-4-10-6-8-5-7(2)9/h7-9H,3-6H2,1-2H3. The molecule has 62 valence electrons. The average Bonchev–Trinajstić information content (AvgIpc) is 1.87. The summed E-state index contributed by atoms with van der Waals surface area (Å²) in [5.41, 5.74) is 0. The molecular weight excluding hydrogens is 130 g/mol. The molecule has 3 nitrogen and oxygen atoms in total. The third-order valence-electron chi connectivity index (χ3n) is 0.992. The van der Waals surface area contributed by atoms with Crippen molar-refractivity contribution in [1.29, 1.82) is 0 Å². The Labute approximate surface area is 62.4 Å². The molecule has 0 spiro atoms. The quantitative estimate of drug-likeness (QED) is 0.420. The van der Waals surface area contributed by atoms with Gasteiger partial charge in [0, 0.05) is 13.2 Å². The van der Waals surface area contributed by atoms with E-state index in [1.54, 1.807) is 6.92 Å². The van der Waals surface area contributed by atoms with Gasteiger partial charge in [-0.1, -0.05) is 6.92 Å². The van der Waals surface area contributed by atoms with E-state index in [-0.39, 0.29) is 6.10 Å². The lowest BCUT2D eigenvalue weighted by atomic mass is 10.4. The minimum absolute atomic E-state index is 0.287. The monoisotopic (exact) mass is 147 g/mol. The molecule has 0 aromatic heterocycles. The molecule has 1 unspecified atom stereocenters.